The maximum atomic E-state index is 5.51. The average molecular weight is 303 g/mol. The first-order valence-corrected chi connectivity index (χ1v) is 8.25. The third-order valence-corrected chi connectivity index (χ3v) is 5.24. The van der Waals surface area contributed by atoms with Crippen molar-refractivity contribution in [1.29, 1.82) is 0 Å². The fourth-order valence-electron chi connectivity index (χ4n) is 3.05. The van der Waals surface area contributed by atoms with Crippen LogP contribution in [0.3, 0.4) is 0 Å². The smallest absolute Gasteiger partial charge is 0.161 e. The number of nitrogens with one attached hydrogen (secondary N) is 1. The van der Waals surface area contributed by atoms with Crippen LogP contribution in [-0.2, 0) is 7.05 Å². The molecular formula is C16H21N3OS. The molecule has 1 aliphatic heterocycles. The molecule has 2 aromatic rings. The van der Waals surface area contributed by atoms with Crippen LogP contribution in [0.2, 0.25) is 0 Å². The molecule has 0 radical (unpaired) electrons. The van der Waals surface area contributed by atoms with E-state index in [1.165, 1.54) is 10.5 Å². The van der Waals surface area contributed by atoms with Crippen molar-refractivity contribution < 1.29 is 4.74 Å². The number of rotatable bonds is 5. The Morgan fingerprint density at radius 2 is 2.29 bits per heavy atom. The molecule has 0 amide bonds. The van der Waals surface area contributed by atoms with Gasteiger partial charge in [-0.1, -0.05) is 25.1 Å². The lowest BCUT2D eigenvalue weighted by Crippen LogP contribution is -2.29. The summed E-state index contributed by atoms with van der Waals surface area (Å²) >= 11 is 1.94. The molecule has 21 heavy (non-hydrogen) atoms. The fourth-order valence-corrected chi connectivity index (χ4v) is 4.34. The first kappa shape index (κ1) is 14.5. The Bertz CT molecular complexity index is 626. The van der Waals surface area contributed by atoms with Crippen LogP contribution in [0.1, 0.15) is 30.1 Å². The van der Waals surface area contributed by atoms with E-state index in [9.17, 15) is 0 Å². The number of aryl methyl sites for hydroxylation is 1. The zero-order chi connectivity index (χ0) is 14.8. The standard InChI is InChI=1S/C16H21N3OS/c1-4-17-15(16-13(20-3)9-18-19(16)2)12-10-21-14-8-6-5-7-11(12)14/h5-9,12,15,17H,4,10H2,1-3H3. The van der Waals surface area contributed by atoms with Crippen LogP contribution in [0.4, 0.5) is 0 Å². The molecule has 112 valence electrons. The lowest BCUT2D eigenvalue weighted by atomic mass is 9.91. The minimum Gasteiger partial charge on any atom is -0.493 e. The number of hydrogen-bond donors (Lipinski definition) is 1. The predicted molar refractivity (Wildman–Crippen MR) is 86.1 cm³/mol. The topological polar surface area (TPSA) is 39.1 Å². The van der Waals surface area contributed by atoms with Gasteiger partial charge in [-0.25, -0.2) is 0 Å². The van der Waals surface area contributed by atoms with Gasteiger partial charge in [0, 0.05) is 23.6 Å². The second kappa shape index (κ2) is 6.12. The van der Waals surface area contributed by atoms with Crippen molar-refractivity contribution in [3.63, 3.8) is 0 Å². The van der Waals surface area contributed by atoms with Gasteiger partial charge in [0.1, 0.15) is 0 Å². The molecule has 0 aliphatic carbocycles. The van der Waals surface area contributed by atoms with Crippen molar-refractivity contribution in [2.24, 2.45) is 7.05 Å². The molecule has 1 N–H and O–H groups in total. The number of aromatic nitrogens is 2. The first-order valence-electron chi connectivity index (χ1n) is 7.27. The summed E-state index contributed by atoms with van der Waals surface area (Å²) in [6.07, 6.45) is 1.80. The highest BCUT2D eigenvalue weighted by atomic mass is 32.2. The van der Waals surface area contributed by atoms with E-state index in [4.69, 9.17) is 4.74 Å². The molecule has 1 aliphatic rings. The molecular weight excluding hydrogens is 282 g/mol. The fraction of sp³-hybridized carbons (Fsp3) is 0.438. The predicted octanol–water partition coefficient (Wildman–Crippen LogP) is 2.97. The summed E-state index contributed by atoms with van der Waals surface area (Å²) in [7, 11) is 3.69. The van der Waals surface area contributed by atoms with Gasteiger partial charge in [-0.2, -0.15) is 5.10 Å². The van der Waals surface area contributed by atoms with Crippen molar-refractivity contribution in [2.75, 3.05) is 19.4 Å². The first-order chi connectivity index (χ1) is 10.3. The third-order valence-electron chi connectivity index (χ3n) is 4.03. The normalized spacial score (nSPS) is 18.5. The number of thioether (sulfide) groups is 1. The highest BCUT2D eigenvalue weighted by molar-refractivity contribution is 7.99. The van der Waals surface area contributed by atoms with E-state index in [1.807, 2.05) is 23.5 Å². The van der Waals surface area contributed by atoms with Crippen LogP contribution >= 0.6 is 11.8 Å². The summed E-state index contributed by atoms with van der Waals surface area (Å²) in [6, 6.07) is 8.91. The molecule has 2 unspecified atom stereocenters. The van der Waals surface area contributed by atoms with E-state index in [-0.39, 0.29) is 6.04 Å². The third kappa shape index (κ3) is 2.56. The SMILES string of the molecule is CCNC(c1c(OC)cnn1C)C1CSc2ccccc21. The highest BCUT2D eigenvalue weighted by Crippen LogP contribution is 2.46. The number of fused-ring (bicyclic) bond motifs is 1. The maximum absolute atomic E-state index is 5.51. The van der Waals surface area contributed by atoms with E-state index < -0.39 is 0 Å². The summed E-state index contributed by atoms with van der Waals surface area (Å²) in [6.45, 7) is 3.06. The average Bonchev–Trinajstić information content (AvgIpc) is 3.09. The Morgan fingerprint density at radius 3 is 3.05 bits per heavy atom. The minimum atomic E-state index is 0.216. The van der Waals surface area contributed by atoms with Gasteiger partial charge < -0.3 is 10.1 Å². The summed E-state index contributed by atoms with van der Waals surface area (Å²) in [5.74, 6) is 2.39. The molecule has 0 saturated carbocycles. The van der Waals surface area contributed by atoms with E-state index in [1.54, 1.807) is 13.3 Å². The Kier molecular flexibility index (Phi) is 4.22. The van der Waals surface area contributed by atoms with Gasteiger partial charge in [-0.05, 0) is 18.2 Å². The van der Waals surface area contributed by atoms with Crippen LogP contribution in [0.5, 0.6) is 5.75 Å². The highest BCUT2D eigenvalue weighted by Gasteiger charge is 2.34. The van der Waals surface area contributed by atoms with Crippen molar-refractivity contribution in [3.8, 4) is 5.75 Å². The molecule has 2 heterocycles. The van der Waals surface area contributed by atoms with Gasteiger partial charge in [-0.15, -0.1) is 11.8 Å². The van der Waals surface area contributed by atoms with Gasteiger partial charge in [0.2, 0.25) is 0 Å². The Morgan fingerprint density at radius 1 is 1.48 bits per heavy atom. The molecule has 0 bridgehead atoms. The largest absolute Gasteiger partial charge is 0.493 e. The Hall–Kier alpha value is -1.46. The van der Waals surface area contributed by atoms with Gasteiger partial charge in [0.25, 0.3) is 0 Å². The summed E-state index contributed by atoms with van der Waals surface area (Å²) < 4.78 is 7.44. The number of nitrogens with zero attached hydrogens (tertiary/aromatic N) is 2. The summed E-state index contributed by atoms with van der Waals surface area (Å²) in [5.41, 5.74) is 2.55. The molecule has 0 saturated heterocycles. The van der Waals surface area contributed by atoms with Crippen molar-refractivity contribution in [3.05, 3.63) is 41.7 Å². The van der Waals surface area contributed by atoms with Crippen molar-refractivity contribution >= 4 is 11.8 Å². The molecule has 0 fully saturated rings. The zero-order valence-corrected chi connectivity index (χ0v) is 13.5. The molecule has 1 aromatic carbocycles. The quantitative estimate of drug-likeness (QED) is 0.922. The van der Waals surface area contributed by atoms with Crippen LogP contribution in [-0.4, -0.2) is 29.2 Å². The molecule has 4 nitrogen and oxygen atoms in total. The van der Waals surface area contributed by atoms with Crippen LogP contribution in [0.15, 0.2) is 35.4 Å². The van der Waals surface area contributed by atoms with Gasteiger partial charge in [0.05, 0.1) is 25.0 Å². The monoisotopic (exact) mass is 303 g/mol. The molecule has 2 atom stereocenters. The van der Waals surface area contributed by atoms with E-state index >= 15 is 0 Å². The van der Waals surface area contributed by atoms with Gasteiger partial charge in [0.15, 0.2) is 5.75 Å². The Balaban J connectivity index is 2.01. The second-order valence-corrected chi connectivity index (χ2v) is 6.27. The van der Waals surface area contributed by atoms with Gasteiger partial charge >= 0.3 is 0 Å². The maximum Gasteiger partial charge on any atom is 0.161 e. The van der Waals surface area contributed by atoms with Crippen molar-refractivity contribution in [2.45, 2.75) is 23.8 Å². The zero-order valence-electron chi connectivity index (χ0n) is 12.7. The second-order valence-electron chi connectivity index (χ2n) is 5.21. The lowest BCUT2D eigenvalue weighted by molar-refractivity contribution is 0.383. The van der Waals surface area contributed by atoms with Crippen LogP contribution in [0.25, 0.3) is 0 Å². The van der Waals surface area contributed by atoms with Crippen LogP contribution < -0.4 is 10.1 Å². The lowest BCUT2D eigenvalue weighted by Gasteiger charge is -2.25. The van der Waals surface area contributed by atoms with E-state index in [2.05, 4.69) is 41.6 Å². The summed E-state index contributed by atoms with van der Waals surface area (Å²) in [4.78, 5) is 1.39. The number of likely N-dealkylation sites (N-methyl/N-ethyl adjacent to an activating group) is 1. The van der Waals surface area contributed by atoms with E-state index in [0.717, 1.165) is 23.7 Å². The van der Waals surface area contributed by atoms with Gasteiger partial charge in [-0.3, -0.25) is 4.68 Å². The molecule has 5 heteroatoms. The van der Waals surface area contributed by atoms with E-state index in [0.29, 0.717) is 5.92 Å². The molecule has 0 spiro atoms. The number of hydrogen-bond acceptors (Lipinski definition) is 4. The number of benzene rings is 1. The van der Waals surface area contributed by atoms with Crippen LogP contribution in [0, 0.1) is 0 Å². The molecule has 1 aromatic heterocycles. The summed E-state index contributed by atoms with van der Waals surface area (Å²) in [5, 5.41) is 7.99. The number of methoxy groups -OCH3 is 1. The van der Waals surface area contributed by atoms with Crippen molar-refractivity contribution in [1.82, 2.24) is 15.1 Å². The number of ether oxygens (including phenoxy) is 1. The Labute approximate surface area is 129 Å². The molecule has 3 rings (SSSR count). The minimum absolute atomic E-state index is 0.216.